The van der Waals surface area contributed by atoms with Crippen molar-refractivity contribution in [1.29, 1.82) is 0 Å². The Morgan fingerprint density at radius 2 is 0.729 bits per heavy atom. The number of hydrogen-bond donors (Lipinski definition) is 3. The van der Waals surface area contributed by atoms with Crippen molar-refractivity contribution in [3.8, 4) is 0 Å². The molecule has 6 nitrogen and oxygen atoms in total. The van der Waals surface area contributed by atoms with Gasteiger partial charge in [-0.15, -0.1) is 0 Å². The van der Waals surface area contributed by atoms with Crippen molar-refractivity contribution >= 4 is 16.0 Å². The van der Waals surface area contributed by atoms with Crippen LogP contribution >= 0.6 is 0 Å². The largest absolute Gasteiger partial charge is 0.387 e. The van der Waals surface area contributed by atoms with Crippen molar-refractivity contribution in [2.45, 2.75) is 283 Å². The number of amides is 1. The number of rotatable bonds is 47. The molecule has 0 saturated heterocycles. The minimum Gasteiger partial charge on any atom is -0.387 e. The number of nitrogens with one attached hydrogen (secondary N) is 1. The Balaban J connectivity index is 3.82. The fourth-order valence-electron chi connectivity index (χ4n) is 7.93. The summed E-state index contributed by atoms with van der Waals surface area (Å²) in [6.07, 6.45) is 61.6. The van der Waals surface area contributed by atoms with Crippen molar-refractivity contribution in [2.75, 3.05) is 5.75 Å². The molecule has 0 heterocycles. The summed E-state index contributed by atoms with van der Waals surface area (Å²) in [4.78, 5) is 12.6. The fourth-order valence-corrected chi connectivity index (χ4v) is 8.67. The molecule has 0 saturated carbocycles. The van der Waals surface area contributed by atoms with Crippen LogP contribution in [-0.2, 0) is 14.9 Å². The number of unbranched alkanes of at least 4 members (excludes halogenated alkanes) is 35. The Hall–Kier alpha value is -1.44. The van der Waals surface area contributed by atoms with E-state index in [2.05, 4.69) is 43.5 Å². The van der Waals surface area contributed by atoms with Crippen LogP contribution < -0.4 is 5.32 Å². The van der Waals surface area contributed by atoms with Gasteiger partial charge in [-0.05, 0) is 57.8 Å². The van der Waals surface area contributed by atoms with E-state index in [1.165, 1.54) is 218 Å². The molecule has 0 aliphatic rings. The highest BCUT2D eigenvalue weighted by molar-refractivity contribution is 7.85. The zero-order chi connectivity index (χ0) is 43.2. The zero-order valence-corrected chi connectivity index (χ0v) is 40.0. The van der Waals surface area contributed by atoms with E-state index in [-0.39, 0.29) is 12.3 Å². The Labute approximate surface area is 367 Å². The van der Waals surface area contributed by atoms with Gasteiger partial charge in [0.1, 0.15) is 0 Å². The molecule has 0 radical (unpaired) electrons. The maximum absolute atomic E-state index is 12.6. The highest BCUT2D eigenvalue weighted by Gasteiger charge is 2.24. The minimum atomic E-state index is -4.36. The first kappa shape index (κ1) is 57.6. The summed E-state index contributed by atoms with van der Waals surface area (Å²) < 4.78 is 32.7. The summed E-state index contributed by atoms with van der Waals surface area (Å²) in [5.41, 5.74) is 0. The van der Waals surface area contributed by atoms with Crippen LogP contribution in [0.2, 0.25) is 0 Å². The van der Waals surface area contributed by atoms with Crippen LogP contribution in [0, 0.1) is 0 Å². The molecule has 0 aromatic heterocycles. The van der Waals surface area contributed by atoms with Crippen molar-refractivity contribution in [1.82, 2.24) is 5.32 Å². The number of aliphatic hydroxyl groups is 1. The molecule has 1 amide bonds. The lowest BCUT2D eigenvalue weighted by Gasteiger charge is -2.21. The Morgan fingerprint density at radius 1 is 0.441 bits per heavy atom. The summed E-state index contributed by atoms with van der Waals surface area (Å²) in [5, 5.41) is 13.3. The van der Waals surface area contributed by atoms with E-state index in [0.29, 0.717) is 0 Å². The Bertz CT molecular complexity index is 1070. The van der Waals surface area contributed by atoms with Crippen molar-refractivity contribution in [3.05, 3.63) is 36.5 Å². The summed E-state index contributed by atoms with van der Waals surface area (Å²) in [5.74, 6) is -0.994. The number of carbonyl (C=O) groups is 1. The molecule has 3 N–H and O–H groups in total. The fraction of sp³-hybridized carbons (Fsp3) is 0.865. The van der Waals surface area contributed by atoms with Gasteiger partial charge in [0.25, 0.3) is 10.1 Å². The minimum absolute atomic E-state index is 0.285. The molecule has 0 aliphatic heterocycles. The second kappa shape index (κ2) is 46.1. The lowest BCUT2D eigenvalue weighted by atomic mass is 10.0. The molecule has 7 heteroatoms. The quantitative estimate of drug-likeness (QED) is 0.0321. The second-order valence-electron chi connectivity index (χ2n) is 17.8. The van der Waals surface area contributed by atoms with Crippen LogP contribution in [0.5, 0.6) is 0 Å². The summed E-state index contributed by atoms with van der Waals surface area (Å²) >= 11 is 0. The molecule has 0 aliphatic carbocycles. The Morgan fingerprint density at radius 3 is 1.07 bits per heavy atom. The second-order valence-corrected chi connectivity index (χ2v) is 19.3. The third-order valence-corrected chi connectivity index (χ3v) is 12.6. The van der Waals surface area contributed by atoms with Gasteiger partial charge >= 0.3 is 0 Å². The van der Waals surface area contributed by atoms with Crippen LogP contribution in [-0.4, -0.2) is 41.9 Å². The first-order chi connectivity index (χ1) is 28.8. The van der Waals surface area contributed by atoms with E-state index in [4.69, 9.17) is 0 Å². The third kappa shape index (κ3) is 47.5. The molecule has 0 aromatic rings. The molecule has 0 rings (SSSR count). The first-order valence-electron chi connectivity index (χ1n) is 25.7. The van der Waals surface area contributed by atoms with E-state index in [1.807, 2.05) is 6.08 Å². The van der Waals surface area contributed by atoms with Gasteiger partial charge in [0, 0.05) is 6.42 Å². The van der Waals surface area contributed by atoms with Crippen LogP contribution in [0.4, 0.5) is 0 Å². The van der Waals surface area contributed by atoms with Gasteiger partial charge in [-0.25, -0.2) is 0 Å². The van der Waals surface area contributed by atoms with Gasteiger partial charge < -0.3 is 10.4 Å². The average molecular weight is 850 g/mol. The summed E-state index contributed by atoms with van der Waals surface area (Å²) in [6.45, 7) is 4.56. The lowest BCUT2D eigenvalue weighted by molar-refractivity contribution is -0.122. The van der Waals surface area contributed by atoms with E-state index in [1.54, 1.807) is 0 Å². The molecule has 0 bridgehead atoms. The van der Waals surface area contributed by atoms with Gasteiger partial charge in [0.2, 0.25) is 5.91 Å². The number of hydrogen-bond acceptors (Lipinski definition) is 4. The molecule has 0 fully saturated rings. The van der Waals surface area contributed by atoms with E-state index in [9.17, 15) is 22.9 Å². The number of carbonyl (C=O) groups excluding carboxylic acids is 1. The first-order valence-corrected chi connectivity index (χ1v) is 27.3. The highest BCUT2D eigenvalue weighted by Crippen LogP contribution is 2.16. The summed E-state index contributed by atoms with van der Waals surface area (Å²) in [6, 6.07) is -1.07. The average Bonchev–Trinajstić information content (AvgIpc) is 3.20. The molecule has 0 spiro atoms. The predicted octanol–water partition coefficient (Wildman–Crippen LogP) is 16.0. The molecule has 348 valence electrons. The number of aliphatic hydroxyl groups excluding tert-OH is 1. The Kier molecular flexibility index (Phi) is 44.9. The normalized spacial score (nSPS) is 13.4. The zero-order valence-electron chi connectivity index (χ0n) is 39.1. The van der Waals surface area contributed by atoms with Gasteiger partial charge in [-0.3, -0.25) is 9.35 Å². The molecule has 2 atom stereocenters. The van der Waals surface area contributed by atoms with Crippen molar-refractivity contribution < 1.29 is 22.9 Å². The van der Waals surface area contributed by atoms with Crippen LogP contribution in [0.1, 0.15) is 271 Å². The third-order valence-electron chi connectivity index (χ3n) is 11.8. The molecule has 2 unspecified atom stereocenters. The van der Waals surface area contributed by atoms with E-state index >= 15 is 0 Å². The number of allylic oxidation sites excluding steroid dienone is 5. The van der Waals surface area contributed by atoms with E-state index in [0.717, 1.165) is 38.5 Å². The van der Waals surface area contributed by atoms with Gasteiger partial charge in [-0.1, -0.05) is 243 Å². The van der Waals surface area contributed by atoms with E-state index < -0.39 is 28.0 Å². The molecule has 59 heavy (non-hydrogen) atoms. The maximum atomic E-state index is 12.6. The summed E-state index contributed by atoms with van der Waals surface area (Å²) in [7, 11) is -4.36. The van der Waals surface area contributed by atoms with Crippen molar-refractivity contribution in [2.24, 2.45) is 0 Å². The van der Waals surface area contributed by atoms with Gasteiger partial charge in [0.15, 0.2) is 0 Å². The van der Waals surface area contributed by atoms with Crippen LogP contribution in [0.15, 0.2) is 36.5 Å². The monoisotopic (exact) mass is 850 g/mol. The van der Waals surface area contributed by atoms with Crippen LogP contribution in [0.3, 0.4) is 0 Å². The smallest absolute Gasteiger partial charge is 0.267 e. The van der Waals surface area contributed by atoms with Crippen molar-refractivity contribution in [3.63, 3.8) is 0 Å². The maximum Gasteiger partial charge on any atom is 0.267 e. The molecular formula is C52H99NO5S. The SMILES string of the molecule is CCCCCCCCCC/C=C\CCCCCCCCCCCCCC(=O)NC(CS(=O)(=O)O)C(O)/C=C/CC/C=C/CCCCCCCCCCCCCCCCC. The van der Waals surface area contributed by atoms with Crippen LogP contribution in [0.25, 0.3) is 0 Å². The standard InChI is InChI=1S/C52H99NO5S/c1-3-5-7-9-11-13-15-17-19-21-23-25-26-28-30-32-34-36-38-40-42-44-46-48-52(55)53-50(49-59(56,57)58)51(54)47-45-43-41-39-37-35-33-31-29-27-24-22-20-18-16-14-12-10-8-6-4-2/h21,23,37,39,45,47,50-51,54H,3-20,22,24-36,38,40-44,46,48-49H2,1-2H3,(H,53,55)(H,56,57,58)/b23-21-,39-37+,47-45+. The lowest BCUT2D eigenvalue weighted by Crippen LogP contribution is -2.46. The van der Waals surface area contributed by atoms with Gasteiger partial charge in [-0.2, -0.15) is 8.42 Å². The van der Waals surface area contributed by atoms with Gasteiger partial charge in [0.05, 0.1) is 17.9 Å². The topological polar surface area (TPSA) is 104 Å². The molecule has 0 aromatic carbocycles. The predicted molar refractivity (Wildman–Crippen MR) is 258 cm³/mol. The molecular weight excluding hydrogens is 751 g/mol. The highest BCUT2D eigenvalue weighted by atomic mass is 32.2.